The van der Waals surface area contributed by atoms with Gasteiger partial charge in [-0.25, -0.2) is 0 Å². The van der Waals surface area contributed by atoms with Crippen molar-refractivity contribution in [3.63, 3.8) is 0 Å². The van der Waals surface area contributed by atoms with Crippen molar-refractivity contribution >= 4 is 0 Å². The van der Waals surface area contributed by atoms with E-state index in [0.29, 0.717) is 6.04 Å². The predicted octanol–water partition coefficient (Wildman–Crippen LogP) is 1.24. The molecule has 0 aliphatic rings. The molecular formula is C12H29N3. The van der Waals surface area contributed by atoms with Crippen LogP contribution in [0.4, 0.5) is 0 Å². The molecule has 0 radical (unpaired) electrons. The minimum atomic E-state index is 0.206. The van der Waals surface area contributed by atoms with Gasteiger partial charge in [0.2, 0.25) is 0 Å². The third-order valence-electron chi connectivity index (χ3n) is 2.76. The fourth-order valence-corrected chi connectivity index (χ4v) is 2.35. The van der Waals surface area contributed by atoms with E-state index < -0.39 is 0 Å². The molecule has 15 heavy (non-hydrogen) atoms. The Morgan fingerprint density at radius 3 is 1.80 bits per heavy atom. The molecular weight excluding hydrogens is 186 g/mol. The van der Waals surface area contributed by atoms with Gasteiger partial charge in [0.05, 0.1) is 0 Å². The van der Waals surface area contributed by atoms with Crippen LogP contribution in [0.1, 0.15) is 27.7 Å². The number of hydrogen-bond acceptors (Lipinski definition) is 3. The maximum atomic E-state index is 6.07. The van der Waals surface area contributed by atoms with Gasteiger partial charge in [-0.1, -0.05) is 20.8 Å². The van der Waals surface area contributed by atoms with Gasteiger partial charge in [-0.2, -0.15) is 0 Å². The molecule has 0 amide bonds. The number of nitrogens with zero attached hydrogens (tertiary/aromatic N) is 2. The summed E-state index contributed by atoms with van der Waals surface area (Å²) in [6.45, 7) is 11.0. The van der Waals surface area contributed by atoms with Crippen molar-refractivity contribution in [3.05, 3.63) is 0 Å². The van der Waals surface area contributed by atoms with Crippen molar-refractivity contribution in [1.29, 1.82) is 0 Å². The van der Waals surface area contributed by atoms with Crippen LogP contribution in [-0.2, 0) is 0 Å². The molecule has 0 aromatic rings. The van der Waals surface area contributed by atoms with E-state index in [2.05, 4.69) is 58.6 Å². The van der Waals surface area contributed by atoms with Gasteiger partial charge in [0.15, 0.2) is 0 Å². The fourth-order valence-electron chi connectivity index (χ4n) is 2.35. The summed E-state index contributed by atoms with van der Waals surface area (Å²) in [4.78, 5) is 4.59. The van der Waals surface area contributed by atoms with Crippen LogP contribution in [0, 0.1) is 5.41 Å². The average Bonchev–Trinajstić information content (AvgIpc) is 1.96. The molecule has 0 bridgehead atoms. The van der Waals surface area contributed by atoms with E-state index in [9.17, 15) is 0 Å². The fraction of sp³-hybridized carbons (Fsp3) is 1.00. The first-order valence-corrected chi connectivity index (χ1v) is 5.76. The zero-order chi connectivity index (χ0) is 12.2. The predicted molar refractivity (Wildman–Crippen MR) is 68.1 cm³/mol. The van der Waals surface area contributed by atoms with Crippen LogP contribution in [0.3, 0.4) is 0 Å². The van der Waals surface area contributed by atoms with Gasteiger partial charge in [0.25, 0.3) is 0 Å². The molecule has 0 aliphatic carbocycles. The van der Waals surface area contributed by atoms with Crippen LogP contribution in [0.2, 0.25) is 0 Å². The molecule has 0 saturated carbocycles. The first-order valence-electron chi connectivity index (χ1n) is 5.76. The third-order valence-corrected chi connectivity index (χ3v) is 2.76. The normalized spacial score (nSPS) is 17.2. The van der Waals surface area contributed by atoms with Crippen molar-refractivity contribution in [3.8, 4) is 0 Å². The maximum Gasteiger partial charge on any atom is 0.0290 e. The Hall–Kier alpha value is -0.120. The van der Waals surface area contributed by atoms with Crippen LogP contribution >= 0.6 is 0 Å². The molecule has 0 fully saturated rings. The highest BCUT2D eigenvalue weighted by Gasteiger charge is 2.30. The Labute approximate surface area is 95.6 Å². The second-order valence-electron chi connectivity index (χ2n) is 5.95. The van der Waals surface area contributed by atoms with Gasteiger partial charge in [-0.3, -0.25) is 0 Å². The molecule has 0 aromatic heterocycles. The first kappa shape index (κ1) is 14.9. The number of hydrogen-bond donors (Lipinski definition) is 1. The van der Waals surface area contributed by atoms with Gasteiger partial charge < -0.3 is 15.5 Å². The molecule has 0 aliphatic heterocycles. The summed E-state index contributed by atoms with van der Waals surface area (Å²) in [5.41, 5.74) is 6.31. The van der Waals surface area contributed by atoms with E-state index in [0.717, 1.165) is 13.1 Å². The summed E-state index contributed by atoms with van der Waals surface area (Å²) in [6, 6.07) is 0.634. The largest absolute Gasteiger partial charge is 0.327 e. The summed E-state index contributed by atoms with van der Waals surface area (Å²) in [6.07, 6.45) is 0. The molecule has 2 N–H and O–H groups in total. The summed E-state index contributed by atoms with van der Waals surface area (Å²) >= 11 is 0. The second-order valence-corrected chi connectivity index (χ2v) is 5.95. The minimum Gasteiger partial charge on any atom is -0.327 e. The van der Waals surface area contributed by atoms with Crippen molar-refractivity contribution in [1.82, 2.24) is 9.80 Å². The molecule has 2 unspecified atom stereocenters. The molecule has 0 rings (SSSR count). The Kier molecular flexibility index (Phi) is 5.78. The van der Waals surface area contributed by atoms with Crippen LogP contribution in [-0.4, -0.2) is 56.1 Å². The van der Waals surface area contributed by atoms with Crippen molar-refractivity contribution in [2.45, 2.75) is 39.8 Å². The molecule has 0 heterocycles. The van der Waals surface area contributed by atoms with Crippen molar-refractivity contribution in [2.75, 3.05) is 34.2 Å². The van der Waals surface area contributed by atoms with E-state index in [1.54, 1.807) is 0 Å². The molecule has 92 valence electrons. The van der Waals surface area contributed by atoms with Gasteiger partial charge >= 0.3 is 0 Å². The topological polar surface area (TPSA) is 32.5 Å². The third kappa shape index (κ3) is 5.50. The number of likely N-dealkylation sites (N-methyl/N-ethyl adjacent to an activating group) is 2. The second kappa shape index (κ2) is 5.83. The van der Waals surface area contributed by atoms with Crippen molar-refractivity contribution < 1.29 is 0 Å². The zero-order valence-electron chi connectivity index (χ0n) is 11.5. The monoisotopic (exact) mass is 215 g/mol. The number of rotatable bonds is 5. The zero-order valence-corrected chi connectivity index (χ0v) is 11.5. The van der Waals surface area contributed by atoms with Crippen LogP contribution in [0.5, 0.6) is 0 Å². The van der Waals surface area contributed by atoms with E-state index in [4.69, 9.17) is 5.73 Å². The highest BCUT2D eigenvalue weighted by Crippen LogP contribution is 2.25. The molecule has 0 saturated heterocycles. The van der Waals surface area contributed by atoms with E-state index in [1.807, 2.05) is 0 Å². The van der Waals surface area contributed by atoms with Gasteiger partial charge in [-0.15, -0.1) is 0 Å². The summed E-state index contributed by atoms with van der Waals surface area (Å²) < 4.78 is 0. The molecule has 3 heteroatoms. The lowest BCUT2D eigenvalue weighted by Gasteiger charge is -2.41. The van der Waals surface area contributed by atoms with Gasteiger partial charge in [0.1, 0.15) is 0 Å². The lowest BCUT2D eigenvalue weighted by molar-refractivity contribution is 0.0998. The van der Waals surface area contributed by atoms with Gasteiger partial charge in [0, 0.05) is 25.2 Å². The van der Waals surface area contributed by atoms with Crippen LogP contribution in [0.15, 0.2) is 0 Å². The van der Waals surface area contributed by atoms with Gasteiger partial charge in [-0.05, 0) is 33.5 Å². The SMILES string of the molecule is CC(N)C(N(C)CCN(C)C)C(C)(C)C. The standard InChI is InChI=1S/C12H29N3/c1-10(13)11(12(2,3)4)15(7)9-8-14(5)6/h10-11H,8-9,13H2,1-7H3. The highest BCUT2D eigenvalue weighted by atomic mass is 15.2. The first-order chi connectivity index (χ1) is 6.66. The minimum absolute atomic E-state index is 0.206. The smallest absolute Gasteiger partial charge is 0.0290 e. The van der Waals surface area contributed by atoms with Crippen molar-refractivity contribution in [2.24, 2.45) is 11.1 Å². The molecule has 0 aromatic carbocycles. The summed E-state index contributed by atoms with van der Waals surface area (Å²) in [5, 5.41) is 0. The Morgan fingerprint density at radius 1 is 1.07 bits per heavy atom. The Bertz CT molecular complexity index is 170. The lowest BCUT2D eigenvalue weighted by Crippen LogP contribution is -2.53. The summed E-state index contributed by atoms with van der Waals surface area (Å²) in [5.74, 6) is 0. The number of nitrogens with two attached hydrogens (primary N) is 1. The quantitative estimate of drug-likeness (QED) is 0.749. The van der Waals surface area contributed by atoms with E-state index in [-0.39, 0.29) is 11.5 Å². The highest BCUT2D eigenvalue weighted by molar-refractivity contribution is 4.87. The average molecular weight is 215 g/mol. The van der Waals surface area contributed by atoms with E-state index in [1.165, 1.54) is 0 Å². The van der Waals surface area contributed by atoms with Crippen LogP contribution < -0.4 is 5.73 Å². The Morgan fingerprint density at radius 2 is 1.53 bits per heavy atom. The Balaban J connectivity index is 4.37. The maximum absolute atomic E-state index is 6.07. The molecule has 2 atom stereocenters. The molecule has 0 spiro atoms. The summed E-state index contributed by atoms with van der Waals surface area (Å²) in [7, 11) is 6.38. The van der Waals surface area contributed by atoms with E-state index >= 15 is 0 Å². The van der Waals surface area contributed by atoms with Crippen LogP contribution in [0.25, 0.3) is 0 Å². The lowest BCUT2D eigenvalue weighted by atomic mass is 9.82. The molecule has 3 nitrogen and oxygen atoms in total.